The first-order valence-corrected chi connectivity index (χ1v) is 9.29. The van der Waals surface area contributed by atoms with E-state index in [4.69, 9.17) is 26.0 Å². The second-order valence-electron chi connectivity index (χ2n) is 6.84. The van der Waals surface area contributed by atoms with Gasteiger partial charge in [-0.25, -0.2) is 18.6 Å². The fraction of sp³-hybridized carbons (Fsp3) is 0.421. The lowest BCUT2D eigenvalue weighted by Crippen LogP contribution is -2.53. The van der Waals surface area contributed by atoms with Crippen LogP contribution >= 0.6 is 0 Å². The summed E-state index contributed by atoms with van der Waals surface area (Å²) < 4.78 is 39.7. The number of halogens is 2. The van der Waals surface area contributed by atoms with E-state index < -0.39 is 30.0 Å². The van der Waals surface area contributed by atoms with Crippen LogP contribution in [0.1, 0.15) is 11.5 Å². The number of allylic oxidation sites excluding steroid dienone is 3. The van der Waals surface area contributed by atoms with Gasteiger partial charge in [-0.2, -0.15) is 0 Å². The van der Waals surface area contributed by atoms with E-state index in [-0.39, 0.29) is 37.3 Å². The molecule has 162 valence electrons. The third-order valence-corrected chi connectivity index (χ3v) is 4.70. The number of nitrogens with two attached hydrogens (primary N) is 2. The van der Waals surface area contributed by atoms with Gasteiger partial charge in [-0.05, 0) is 11.6 Å². The number of aliphatic hydroxyl groups excluding tert-OH is 1. The van der Waals surface area contributed by atoms with Gasteiger partial charge in [0.1, 0.15) is 12.8 Å². The summed E-state index contributed by atoms with van der Waals surface area (Å²) in [6, 6.07) is 1.25. The highest BCUT2D eigenvalue weighted by molar-refractivity contribution is 5.87. The van der Waals surface area contributed by atoms with Crippen molar-refractivity contribution in [2.75, 3.05) is 37.8 Å². The molecule has 5 N–H and O–H groups in total. The van der Waals surface area contributed by atoms with Crippen molar-refractivity contribution < 1.29 is 28.2 Å². The van der Waals surface area contributed by atoms with Crippen LogP contribution in [0, 0.1) is 5.82 Å². The number of carbonyl (C=O) groups is 1. The van der Waals surface area contributed by atoms with Crippen molar-refractivity contribution in [3.63, 3.8) is 0 Å². The van der Waals surface area contributed by atoms with Gasteiger partial charge in [-0.15, -0.1) is 4.99 Å². The van der Waals surface area contributed by atoms with Gasteiger partial charge in [-0.3, -0.25) is 0 Å². The maximum atomic E-state index is 15.0. The molecule has 9 nitrogen and oxygen atoms in total. The molecule has 11 heteroatoms. The lowest BCUT2D eigenvalue weighted by molar-refractivity contribution is 0.0130. The van der Waals surface area contributed by atoms with E-state index in [0.29, 0.717) is 18.7 Å². The molecule has 0 saturated carbocycles. The number of hydrogen-bond donors (Lipinski definition) is 3. The second-order valence-corrected chi connectivity index (χ2v) is 6.84. The molecule has 1 aromatic rings. The second kappa shape index (κ2) is 9.63. The summed E-state index contributed by atoms with van der Waals surface area (Å²) in [5.74, 6) is -1.63. The molecule has 1 fully saturated rings. The zero-order valence-corrected chi connectivity index (χ0v) is 16.1. The number of anilines is 1. The van der Waals surface area contributed by atoms with Crippen LogP contribution in [-0.2, 0) is 9.47 Å². The van der Waals surface area contributed by atoms with Crippen LogP contribution < -0.4 is 16.4 Å². The number of rotatable bonds is 7. The summed E-state index contributed by atoms with van der Waals surface area (Å²) in [4.78, 5) is 20.4. The molecule has 0 radical (unpaired) electrons. The molecule has 1 aliphatic carbocycles. The van der Waals surface area contributed by atoms with E-state index >= 15 is 0 Å². The minimum absolute atomic E-state index is 0.0684. The highest BCUT2D eigenvalue weighted by Gasteiger charge is 2.32. The summed E-state index contributed by atoms with van der Waals surface area (Å²) in [7, 11) is 0. The molecule has 1 saturated heterocycles. The maximum absolute atomic E-state index is 15.0. The van der Waals surface area contributed by atoms with Crippen molar-refractivity contribution in [3.05, 3.63) is 47.4 Å². The summed E-state index contributed by atoms with van der Waals surface area (Å²) in [5, 5.41) is 8.76. The Balaban J connectivity index is 1.62. The number of amides is 1. The number of nitrogens with zero attached hydrogens (tertiary/aromatic N) is 3. The van der Waals surface area contributed by atoms with Crippen LogP contribution in [-0.4, -0.2) is 67.3 Å². The number of aromatic nitrogens is 1. The van der Waals surface area contributed by atoms with Gasteiger partial charge in [-0.1, -0.05) is 18.2 Å². The van der Waals surface area contributed by atoms with E-state index in [1.54, 1.807) is 17.1 Å². The Hall–Kier alpha value is -3.05. The monoisotopic (exact) mass is 423 g/mol. The Kier molecular flexibility index (Phi) is 6.95. The molecule has 0 aromatic carbocycles. The fourth-order valence-electron chi connectivity index (χ4n) is 3.21. The van der Waals surface area contributed by atoms with Crippen LogP contribution in [0.2, 0.25) is 0 Å². The molecule has 3 rings (SSSR count). The summed E-state index contributed by atoms with van der Waals surface area (Å²) in [5.41, 5.74) is 10.7. The highest BCUT2D eigenvalue weighted by Crippen LogP contribution is 2.33. The minimum Gasteiger partial charge on any atom is -0.443 e. The van der Waals surface area contributed by atoms with E-state index in [9.17, 15) is 13.6 Å². The van der Waals surface area contributed by atoms with Crippen LogP contribution in [0.15, 0.2) is 41.1 Å². The predicted octanol–water partition coefficient (Wildman–Crippen LogP) is 0.746. The molecule has 2 heterocycles. The lowest BCUT2D eigenvalue weighted by atomic mass is 9.87. The van der Waals surface area contributed by atoms with Crippen molar-refractivity contribution in [1.82, 2.24) is 4.98 Å². The van der Waals surface area contributed by atoms with Crippen molar-refractivity contribution in [2.45, 2.75) is 18.2 Å². The van der Waals surface area contributed by atoms with Crippen molar-refractivity contribution >= 4 is 17.9 Å². The largest absolute Gasteiger partial charge is 0.443 e. The van der Waals surface area contributed by atoms with E-state index in [0.717, 1.165) is 0 Å². The molecule has 1 aliphatic heterocycles. The van der Waals surface area contributed by atoms with Crippen molar-refractivity contribution in [2.24, 2.45) is 16.5 Å². The van der Waals surface area contributed by atoms with Crippen molar-refractivity contribution in [1.29, 1.82) is 0 Å². The molecular formula is C19H23F2N5O4. The first kappa shape index (κ1) is 21.7. The van der Waals surface area contributed by atoms with Crippen LogP contribution in [0.4, 0.5) is 19.4 Å². The SMILES string of the molecule is NC(N)=NC(=O)OCC1=CC=CC(c2cnc(N3CC(OCCO)C3)c(F)c2)C1F. The van der Waals surface area contributed by atoms with Gasteiger partial charge < -0.3 is 30.9 Å². The smallest absolute Gasteiger partial charge is 0.437 e. The Morgan fingerprint density at radius 1 is 1.40 bits per heavy atom. The molecule has 0 spiro atoms. The van der Waals surface area contributed by atoms with Gasteiger partial charge >= 0.3 is 6.09 Å². The number of ether oxygens (including phenoxy) is 2. The lowest BCUT2D eigenvalue weighted by Gasteiger charge is -2.39. The van der Waals surface area contributed by atoms with Gasteiger partial charge in [0.25, 0.3) is 0 Å². The molecule has 2 unspecified atom stereocenters. The maximum Gasteiger partial charge on any atom is 0.437 e. The van der Waals surface area contributed by atoms with E-state index in [2.05, 4.69) is 9.98 Å². The van der Waals surface area contributed by atoms with Gasteiger partial charge in [0.15, 0.2) is 17.6 Å². The average molecular weight is 423 g/mol. The number of hydrogen-bond acceptors (Lipinski definition) is 6. The first-order chi connectivity index (χ1) is 14.4. The third kappa shape index (κ3) is 5.10. The summed E-state index contributed by atoms with van der Waals surface area (Å²) in [6.07, 6.45) is 3.46. The van der Waals surface area contributed by atoms with E-state index in [1.165, 1.54) is 18.3 Å². The fourth-order valence-corrected chi connectivity index (χ4v) is 3.21. The molecule has 2 aliphatic rings. The quantitative estimate of drug-likeness (QED) is 0.432. The Morgan fingerprint density at radius 2 is 2.17 bits per heavy atom. The molecule has 30 heavy (non-hydrogen) atoms. The highest BCUT2D eigenvalue weighted by atomic mass is 19.1. The first-order valence-electron chi connectivity index (χ1n) is 9.29. The zero-order valence-electron chi connectivity index (χ0n) is 16.1. The zero-order chi connectivity index (χ0) is 21.7. The summed E-state index contributed by atoms with van der Waals surface area (Å²) in [6.45, 7) is 0.755. The number of guanidine groups is 1. The molecule has 1 aromatic heterocycles. The Bertz CT molecular complexity index is 866. The molecule has 1 amide bonds. The van der Waals surface area contributed by atoms with Crippen LogP contribution in [0.25, 0.3) is 0 Å². The third-order valence-electron chi connectivity index (χ3n) is 4.70. The molecule has 2 atom stereocenters. The number of aliphatic imine (C=N–C) groups is 1. The van der Waals surface area contributed by atoms with Crippen LogP contribution in [0.5, 0.6) is 0 Å². The number of carbonyl (C=O) groups excluding carboxylic acids is 1. The Morgan fingerprint density at radius 3 is 2.83 bits per heavy atom. The minimum atomic E-state index is -1.53. The van der Waals surface area contributed by atoms with Gasteiger partial charge in [0.05, 0.1) is 19.3 Å². The number of aliphatic hydroxyl groups is 1. The van der Waals surface area contributed by atoms with Gasteiger partial charge in [0, 0.05) is 30.8 Å². The topological polar surface area (TPSA) is 136 Å². The predicted molar refractivity (Wildman–Crippen MR) is 105 cm³/mol. The standard InChI is InChI=1S/C19H23F2N5O4/c20-15-6-12(7-24-17(15)26-8-13(9-26)29-5-4-27)14-3-1-2-11(16(14)21)10-30-19(28)25-18(22)23/h1-3,6-7,13-14,16,27H,4-5,8-10H2,(H4,22,23,25,28). The Labute approximate surface area is 171 Å². The van der Waals surface area contributed by atoms with Gasteiger partial charge in [0.2, 0.25) is 0 Å². The van der Waals surface area contributed by atoms with E-state index in [1.807, 2.05) is 0 Å². The average Bonchev–Trinajstić information content (AvgIpc) is 2.66. The number of alkyl halides is 1. The summed E-state index contributed by atoms with van der Waals surface area (Å²) >= 11 is 0. The van der Waals surface area contributed by atoms with Crippen LogP contribution in [0.3, 0.4) is 0 Å². The number of pyridine rings is 1. The normalized spacial score (nSPS) is 21.0. The molecule has 0 bridgehead atoms. The van der Waals surface area contributed by atoms with Crippen molar-refractivity contribution in [3.8, 4) is 0 Å². The molecular weight excluding hydrogens is 400 g/mol.